The quantitative estimate of drug-likeness (QED) is 0.745. The molecule has 1 aromatic rings. The number of Topliss-reactive ketones (excluding diaryl/α,β-unsaturated/α-hetero) is 1. The molecule has 0 radical (unpaired) electrons. The molecular formula is C11H12O4. The van der Waals surface area contributed by atoms with Crippen molar-refractivity contribution in [3.05, 3.63) is 30.3 Å². The van der Waals surface area contributed by atoms with Crippen molar-refractivity contribution in [3.63, 3.8) is 0 Å². The van der Waals surface area contributed by atoms with Crippen LogP contribution in [0.25, 0.3) is 0 Å². The number of carboxylic acid groups (broad SMARTS) is 1. The van der Waals surface area contributed by atoms with E-state index in [9.17, 15) is 9.59 Å². The summed E-state index contributed by atoms with van der Waals surface area (Å²) in [5.41, 5.74) is 0. The smallest absolute Gasteiger partial charge is 0.372 e. The van der Waals surface area contributed by atoms with Crippen LogP contribution in [-0.2, 0) is 9.59 Å². The van der Waals surface area contributed by atoms with Crippen molar-refractivity contribution in [2.45, 2.75) is 19.4 Å². The van der Waals surface area contributed by atoms with E-state index in [1.807, 2.05) is 6.07 Å². The molecule has 0 aliphatic heterocycles. The van der Waals surface area contributed by atoms with Gasteiger partial charge in [0.1, 0.15) is 11.9 Å². The monoisotopic (exact) mass is 208 g/mol. The summed E-state index contributed by atoms with van der Waals surface area (Å²) in [4.78, 5) is 21.1. The van der Waals surface area contributed by atoms with Crippen molar-refractivity contribution >= 4 is 11.8 Å². The summed E-state index contributed by atoms with van der Waals surface area (Å²) in [6.07, 6.45) is -0.555. The van der Waals surface area contributed by atoms with Crippen LogP contribution in [0.3, 0.4) is 0 Å². The fourth-order valence-electron chi connectivity index (χ4n) is 1.12. The van der Waals surface area contributed by atoms with Gasteiger partial charge in [-0.15, -0.1) is 0 Å². The molecule has 0 heterocycles. The third-order valence-electron chi connectivity index (χ3n) is 1.79. The van der Waals surface area contributed by atoms with Gasteiger partial charge in [-0.25, -0.2) is 4.79 Å². The number of para-hydroxylation sites is 1. The number of ketones is 1. The van der Waals surface area contributed by atoms with Crippen LogP contribution in [0.15, 0.2) is 30.3 Å². The number of carbonyl (C=O) groups excluding carboxylic acids is 1. The van der Waals surface area contributed by atoms with E-state index in [0.717, 1.165) is 0 Å². The maximum Gasteiger partial charge on any atom is 0.372 e. The van der Waals surface area contributed by atoms with E-state index in [1.54, 1.807) is 31.2 Å². The maximum absolute atomic E-state index is 10.9. The van der Waals surface area contributed by atoms with E-state index < -0.39 is 17.9 Å². The highest BCUT2D eigenvalue weighted by atomic mass is 16.5. The first-order chi connectivity index (χ1) is 7.09. The van der Waals surface area contributed by atoms with E-state index in [2.05, 4.69) is 0 Å². The second kappa shape index (κ2) is 5.14. The number of hydrogen-bond donors (Lipinski definition) is 1. The first-order valence-electron chi connectivity index (χ1n) is 4.57. The van der Waals surface area contributed by atoms with Crippen LogP contribution in [0.4, 0.5) is 0 Å². The van der Waals surface area contributed by atoms with Gasteiger partial charge in [0.25, 0.3) is 0 Å². The lowest BCUT2D eigenvalue weighted by Crippen LogP contribution is -2.22. The fourth-order valence-corrected chi connectivity index (χ4v) is 1.12. The molecule has 15 heavy (non-hydrogen) atoms. The predicted octanol–water partition coefficient (Wildman–Crippen LogP) is 1.50. The second-order valence-electron chi connectivity index (χ2n) is 3.17. The summed E-state index contributed by atoms with van der Waals surface area (Å²) in [6, 6.07) is 8.96. The van der Waals surface area contributed by atoms with Crippen molar-refractivity contribution in [1.29, 1.82) is 0 Å². The highest BCUT2D eigenvalue weighted by molar-refractivity contribution is 6.32. The molecule has 4 heteroatoms. The zero-order valence-corrected chi connectivity index (χ0v) is 8.34. The van der Waals surface area contributed by atoms with Gasteiger partial charge in [0.05, 0.1) is 6.42 Å². The molecule has 1 unspecified atom stereocenters. The van der Waals surface area contributed by atoms with E-state index in [-0.39, 0.29) is 6.42 Å². The van der Waals surface area contributed by atoms with Crippen molar-refractivity contribution in [2.24, 2.45) is 0 Å². The van der Waals surface area contributed by atoms with Crippen LogP contribution in [0.2, 0.25) is 0 Å². The first-order valence-corrected chi connectivity index (χ1v) is 4.57. The van der Waals surface area contributed by atoms with Gasteiger partial charge in [-0.1, -0.05) is 18.2 Å². The Labute approximate surface area is 87.5 Å². The molecule has 0 aromatic heterocycles. The summed E-state index contributed by atoms with van der Waals surface area (Å²) in [7, 11) is 0. The summed E-state index contributed by atoms with van der Waals surface area (Å²) in [5, 5.41) is 8.39. The topological polar surface area (TPSA) is 63.6 Å². The molecule has 1 aromatic carbocycles. The maximum atomic E-state index is 10.9. The van der Waals surface area contributed by atoms with Gasteiger partial charge in [0.15, 0.2) is 0 Å². The molecule has 4 nitrogen and oxygen atoms in total. The Hall–Kier alpha value is -1.84. The van der Waals surface area contributed by atoms with Gasteiger partial charge in [-0.05, 0) is 19.1 Å². The molecule has 0 aliphatic rings. The third-order valence-corrected chi connectivity index (χ3v) is 1.79. The summed E-state index contributed by atoms with van der Waals surface area (Å²) < 4.78 is 5.35. The Morgan fingerprint density at radius 2 is 1.93 bits per heavy atom. The molecule has 0 aliphatic carbocycles. The minimum absolute atomic E-state index is 0.121. The zero-order valence-electron chi connectivity index (χ0n) is 8.34. The van der Waals surface area contributed by atoms with E-state index >= 15 is 0 Å². The number of ether oxygens (including phenoxy) is 1. The molecule has 0 amide bonds. The predicted molar refractivity (Wildman–Crippen MR) is 53.8 cm³/mol. The third kappa shape index (κ3) is 3.81. The highest BCUT2D eigenvalue weighted by Crippen LogP contribution is 2.12. The van der Waals surface area contributed by atoms with Crippen LogP contribution in [0, 0.1) is 0 Å². The van der Waals surface area contributed by atoms with Gasteiger partial charge >= 0.3 is 5.97 Å². The zero-order chi connectivity index (χ0) is 11.3. The molecule has 0 fully saturated rings. The van der Waals surface area contributed by atoms with E-state index in [4.69, 9.17) is 9.84 Å². The Morgan fingerprint density at radius 1 is 1.33 bits per heavy atom. The van der Waals surface area contributed by atoms with Gasteiger partial charge in [-0.2, -0.15) is 0 Å². The van der Waals surface area contributed by atoms with Crippen molar-refractivity contribution < 1.29 is 19.4 Å². The standard InChI is InChI=1S/C11H12O4/c1-8(7-10(12)11(13)14)15-9-5-3-2-4-6-9/h2-6,8H,7H2,1H3,(H,13,14). The number of carbonyl (C=O) groups is 2. The minimum atomic E-state index is -1.42. The van der Waals surface area contributed by atoms with Gasteiger partial charge in [-0.3, -0.25) is 4.79 Å². The van der Waals surface area contributed by atoms with Gasteiger partial charge in [0.2, 0.25) is 5.78 Å². The number of hydrogen-bond acceptors (Lipinski definition) is 3. The van der Waals surface area contributed by atoms with Crippen LogP contribution in [0.5, 0.6) is 5.75 Å². The summed E-state index contributed by atoms with van der Waals surface area (Å²) in [6.45, 7) is 1.66. The lowest BCUT2D eigenvalue weighted by Gasteiger charge is -2.12. The second-order valence-corrected chi connectivity index (χ2v) is 3.17. The minimum Gasteiger partial charge on any atom is -0.490 e. The lowest BCUT2D eigenvalue weighted by molar-refractivity contribution is -0.149. The van der Waals surface area contributed by atoms with Crippen molar-refractivity contribution in [3.8, 4) is 5.75 Å². The fraction of sp³-hybridized carbons (Fsp3) is 0.273. The molecule has 1 rings (SSSR count). The first kappa shape index (κ1) is 11.2. The van der Waals surface area contributed by atoms with Crippen LogP contribution in [0.1, 0.15) is 13.3 Å². The van der Waals surface area contributed by atoms with Crippen molar-refractivity contribution in [2.75, 3.05) is 0 Å². The highest BCUT2D eigenvalue weighted by Gasteiger charge is 2.16. The molecule has 0 saturated heterocycles. The number of rotatable bonds is 5. The molecule has 80 valence electrons. The SMILES string of the molecule is CC(CC(=O)C(=O)O)Oc1ccccc1. The number of aliphatic carboxylic acids is 1. The Balaban J connectivity index is 2.46. The average molecular weight is 208 g/mol. The van der Waals surface area contributed by atoms with Crippen LogP contribution in [-0.4, -0.2) is 23.0 Å². The molecule has 1 N–H and O–H groups in total. The number of benzene rings is 1. The molecule has 0 bridgehead atoms. The summed E-state index contributed by atoms with van der Waals surface area (Å²) >= 11 is 0. The molecule has 0 saturated carbocycles. The number of carboxylic acids is 1. The average Bonchev–Trinajstić information content (AvgIpc) is 2.18. The summed E-state index contributed by atoms with van der Waals surface area (Å²) in [5.74, 6) is -1.62. The largest absolute Gasteiger partial charge is 0.490 e. The van der Waals surface area contributed by atoms with Crippen molar-refractivity contribution in [1.82, 2.24) is 0 Å². The van der Waals surface area contributed by atoms with Crippen LogP contribution >= 0.6 is 0 Å². The van der Waals surface area contributed by atoms with E-state index in [1.165, 1.54) is 0 Å². The lowest BCUT2D eigenvalue weighted by atomic mass is 10.2. The van der Waals surface area contributed by atoms with Gasteiger partial charge in [0, 0.05) is 0 Å². The normalized spacial score (nSPS) is 11.8. The Morgan fingerprint density at radius 3 is 2.47 bits per heavy atom. The van der Waals surface area contributed by atoms with Crippen LogP contribution < -0.4 is 4.74 Å². The van der Waals surface area contributed by atoms with E-state index in [0.29, 0.717) is 5.75 Å². The van der Waals surface area contributed by atoms with Gasteiger partial charge < -0.3 is 9.84 Å². The molecule has 1 atom stereocenters. The Bertz CT molecular complexity index is 345. The molecule has 0 spiro atoms. The molecular weight excluding hydrogens is 196 g/mol. The Kier molecular flexibility index (Phi) is 3.85.